The van der Waals surface area contributed by atoms with E-state index in [4.69, 9.17) is 17.3 Å². The van der Waals surface area contributed by atoms with E-state index < -0.39 is 0 Å². The third-order valence-electron chi connectivity index (χ3n) is 5.28. The van der Waals surface area contributed by atoms with Gasteiger partial charge >= 0.3 is 0 Å². The summed E-state index contributed by atoms with van der Waals surface area (Å²) in [4.78, 5) is 17.5. The van der Waals surface area contributed by atoms with E-state index in [0.717, 1.165) is 31.9 Å². The summed E-state index contributed by atoms with van der Waals surface area (Å²) in [6, 6.07) is 12.8. The lowest BCUT2D eigenvalue weighted by atomic mass is 10.2. The lowest BCUT2D eigenvalue weighted by Crippen LogP contribution is -2.45. The molecular formula is C22H25ClFN7. The number of rotatable bonds is 6. The average molecular weight is 442 g/mol. The van der Waals surface area contributed by atoms with Gasteiger partial charge in [-0.25, -0.2) is 4.39 Å². The minimum Gasteiger partial charge on any atom is -0.368 e. The van der Waals surface area contributed by atoms with Gasteiger partial charge in [0.2, 0.25) is 11.9 Å². The van der Waals surface area contributed by atoms with Crippen LogP contribution in [0.25, 0.3) is 0 Å². The quantitative estimate of drug-likeness (QED) is 0.604. The van der Waals surface area contributed by atoms with E-state index in [0.29, 0.717) is 35.4 Å². The largest absolute Gasteiger partial charge is 0.368 e. The Balaban J connectivity index is 1.35. The molecule has 1 aliphatic rings. The number of anilines is 3. The van der Waals surface area contributed by atoms with Crippen molar-refractivity contribution in [2.75, 3.05) is 37.2 Å². The summed E-state index contributed by atoms with van der Waals surface area (Å²) in [5.41, 5.74) is 8.52. The first-order valence-electron chi connectivity index (χ1n) is 10.2. The summed E-state index contributed by atoms with van der Waals surface area (Å²) in [5.74, 6) is 0.975. The molecule has 1 saturated heterocycles. The van der Waals surface area contributed by atoms with E-state index >= 15 is 0 Å². The standard InChI is InChI=1S/C22H25ClFN7/c1-15-5-7-16(8-6-15)26-22-28-20(27-21(25)29-22)14-31-11-9-30(10-12-31)13-17-18(23)3-2-4-19(17)24/h2-8H,9-14H2,1H3,(H3,25,26,27,28,29). The number of benzene rings is 2. The monoisotopic (exact) mass is 441 g/mol. The van der Waals surface area contributed by atoms with Crippen molar-refractivity contribution in [2.45, 2.75) is 20.0 Å². The van der Waals surface area contributed by atoms with Gasteiger partial charge in [0.05, 0.1) is 6.54 Å². The lowest BCUT2D eigenvalue weighted by molar-refractivity contribution is 0.119. The second-order valence-corrected chi connectivity index (χ2v) is 8.08. The van der Waals surface area contributed by atoms with Gasteiger partial charge in [-0.2, -0.15) is 15.0 Å². The van der Waals surface area contributed by atoms with Crippen LogP contribution in [0.1, 0.15) is 17.0 Å². The van der Waals surface area contributed by atoms with E-state index in [1.54, 1.807) is 12.1 Å². The number of nitrogens with one attached hydrogen (secondary N) is 1. The molecule has 0 atom stereocenters. The lowest BCUT2D eigenvalue weighted by Gasteiger charge is -2.34. The number of nitrogens with two attached hydrogens (primary N) is 1. The number of piperazine rings is 1. The second kappa shape index (κ2) is 9.55. The first-order chi connectivity index (χ1) is 15.0. The summed E-state index contributed by atoms with van der Waals surface area (Å²) in [6.07, 6.45) is 0. The Kier molecular flexibility index (Phi) is 6.60. The second-order valence-electron chi connectivity index (χ2n) is 7.68. The highest BCUT2D eigenvalue weighted by molar-refractivity contribution is 6.31. The first kappa shape index (κ1) is 21.4. The molecule has 2 heterocycles. The fourth-order valence-electron chi connectivity index (χ4n) is 3.54. The number of aryl methyl sites for hydroxylation is 1. The van der Waals surface area contributed by atoms with E-state index in [2.05, 4.69) is 30.1 Å². The zero-order valence-electron chi connectivity index (χ0n) is 17.4. The zero-order chi connectivity index (χ0) is 21.8. The summed E-state index contributed by atoms with van der Waals surface area (Å²) in [7, 11) is 0. The molecule has 0 saturated carbocycles. The summed E-state index contributed by atoms with van der Waals surface area (Å²) in [6.45, 7) is 6.36. The number of halogens is 2. The van der Waals surface area contributed by atoms with Crippen molar-refractivity contribution in [1.82, 2.24) is 24.8 Å². The molecule has 1 aliphatic heterocycles. The van der Waals surface area contributed by atoms with E-state index in [1.165, 1.54) is 11.6 Å². The maximum Gasteiger partial charge on any atom is 0.232 e. The number of nitrogen functional groups attached to an aromatic ring is 1. The smallest absolute Gasteiger partial charge is 0.232 e. The summed E-state index contributed by atoms with van der Waals surface area (Å²) in [5, 5.41) is 3.65. The summed E-state index contributed by atoms with van der Waals surface area (Å²) < 4.78 is 14.1. The fraction of sp³-hybridized carbons (Fsp3) is 0.318. The molecule has 4 rings (SSSR count). The minimum absolute atomic E-state index is 0.187. The molecule has 3 aromatic rings. The number of hydrogen-bond acceptors (Lipinski definition) is 7. The van der Waals surface area contributed by atoms with Gasteiger partial charge in [0.1, 0.15) is 11.6 Å². The Bertz CT molecular complexity index is 1020. The molecule has 0 radical (unpaired) electrons. The van der Waals surface area contributed by atoms with Gasteiger partial charge in [-0.15, -0.1) is 0 Å². The van der Waals surface area contributed by atoms with Crippen LogP contribution in [-0.4, -0.2) is 50.9 Å². The number of aromatic nitrogens is 3. The van der Waals surface area contributed by atoms with Gasteiger partial charge in [-0.3, -0.25) is 9.80 Å². The van der Waals surface area contributed by atoms with E-state index in [-0.39, 0.29) is 11.8 Å². The van der Waals surface area contributed by atoms with Crippen molar-refractivity contribution in [1.29, 1.82) is 0 Å². The van der Waals surface area contributed by atoms with Crippen LogP contribution in [0.3, 0.4) is 0 Å². The minimum atomic E-state index is -0.260. The zero-order valence-corrected chi connectivity index (χ0v) is 18.1. The van der Waals surface area contributed by atoms with Crippen LogP contribution < -0.4 is 11.1 Å². The fourth-order valence-corrected chi connectivity index (χ4v) is 3.77. The molecule has 162 valence electrons. The maximum atomic E-state index is 14.1. The van der Waals surface area contributed by atoms with Crippen molar-refractivity contribution in [3.63, 3.8) is 0 Å². The molecule has 0 bridgehead atoms. The molecule has 0 spiro atoms. The third-order valence-corrected chi connectivity index (χ3v) is 5.63. The van der Waals surface area contributed by atoms with Gasteiger partial charge in [-0.05, 0) is 31.2 Å². The third kappa shape index (κ3) is 5.66. The Hall–Kier alpha value is -2.81. The molecule has 0 unspecified atom stereocenters. The Morgan fingerprint density at radius 1 is 0.968 bits per heavy atom. The highest BCUT2D eigenvalue weighted by atomic mass is 35.5. The molecule has 7 nitrogen and oxygen atoms in total. The van der Waals surface area contributed by atoms with Crippen LogP contribution in [0, 0.1) is 12.7 Å². The van der Waals surface area contributed by atoms with Gasteiger partial charge in [0, 0.05) is 49.0 Å². The molecule has 2 aromatic carbocycles. The average Bonchev–Trinajstić information content (AvgIpc) is 2.73. The van der Waals surface area contributed by atoms with Gasteiger partial charge in [0.25, 0.3) is 0 Å². The van der Waals surface area contributed by atoms with Crippen molar-refractivity contribution in [3.8, 4) is 0 Å². The number of hydrogen-bond donors (Lipinski definition) is 2. The Labute approximate surface area is 186 Å². The maximum absolute atomic E-state index is 14.1. The number of nitrogens with zero attached hydrogens (tertiary/aromatic N) is 5. The predicted octanol–water partition coefficient (Wildman–Crippen LogP) is 3.62. The van der Waals surface area contributed by atoms with Gasteiger partial charge < -0.3 is 11.1 Å². The molecular weight excluding hydrogens is 417 g/mol. The molecule has 0 aliphatic carbocycles. The van der Waals surface area contributed by atoms with Gasteiger partial charge in [-0.1, -0.05) is 35.4 Å². The molecule has 0 amide bonds. The molecule has 9 heteroatoms. The Morgan fingerprint density at radius 2 is 1.65 bits per heavy atom. The molecule has 1 fully saturated rings. The van der Waals surface area contributed by atoms with Crippen molar-refractivity contribution >= 4 is 29.2 Å². The summed E-state index contributed by atoms with van der Waals surface area (Å²) >= 11 is 6.16. The van der Waals surface area contributed by atoms with Crippen LogP contribution in [0.5, 0.6) is 0 Å². The van der Waals surface area contributed by atoms with Gasteiger partial charge in [0.15, 0.2) is 0 Å². The van der Waals surface area contributed by atoms with Crippen LogP contribution in [-0.2, 0) is 13.1 Å². The molecule has 3 N–H and O–H groups in total. The molecule has 1 aromatic heterocycles. The normalized spacial score (nSPS) is 15.2. The van der Waals surface area contributed by atoms with Crippen LogP contribution in [0.2, 0.25) is 5.02 Å². The predicted molar refractivity (Wildman–Crippen MR) is 121 cm³/mol. The molecule has 31 heavy (non-hydrogen) atoms. The van der Waals surface area contributed by atoms with Crippen molar-refractivity contribution in [2.24, 2.45) is 0 Å². The SMILES string of the molecule is Cc1ccc(Nc2nc(N)nc(CN3CCN(Cc4c(F)cccc4Cl)CC3)n2)cc1. The highest BCUT2D eigenvalue weighted by Crippen LogP contribution is 2.22. The highest BCUT2D eigenvalue weighted by Gasteiger charge is 2.20. The van der Waals surface area contributed by atoms with E-state index in [1.807, 2.05) is 31.2 Å². The van der Waals surface area contributed by atoms with Crippen LogP contribution >= 0.6 is 11.6 Å². The van der Waals surface area contributed by atoms with Crippen LogP contribution in [0.15, 0.2) is 42.5 Å². The van der Waals surface area contributed by atoms with Crippen molar-refractivity contribution < 1.29 is 4.39 Å². The van der Waals surface area contributed by atoms with Crippen molar-refractivity contribution in [3.05, 3.63) is 70.3 Å². The van der Waals surface area contributed by atoms with E-state index in [9.17, 15) is 4.39 Å². The Morgan fingerprint density at radius 3 is 2.32 bits per heavy atom. The first-order valence-corrected chi connectivity index (χ1v) is 10.6. The van der Waals surface area contributed by atoms with Crippen LogP contribution in [0.4, 0.5) is 22.0 Å². The topological polar surface area (TPSA) is 83.2 Å².